The first-order valence-electron chi connectivity index (χ1n) is 6.14. The van der Waals surface area contributed by atoms with Crippen LogP contribution in [0, 0.1) is 0 Å². The normalized spacial score (nSPS) is 10.3. The van der Waals surface area contributed by atoms with E-state index >= 15 is 0 Å². The number of rotatable bonds is 5. The highest BCUT2D eigenvalue weighted by molar-refractivity contribution is 6.40. The van der Waals surface area contributed by atoms with E-state index in [2.05, 4.69) is 5.32 Å². The molecule has 0 saturated heterocycles. The minimum atomic E-state index is -0.592. The van der Waals surface area contributed by atoms with Crippen LogP contribution >= 0.6 is 34.8 Å². The standard InChI is InChI=1S/C14H10Cl3NO4/c15-8-6-9(16)13(10(17)7-8)22-12(19)3-4-18-14(20)11-2-1-5-21-11/h1-2,5-7H,3-4H2,(H,18,20). The largest absolute Gasteiger partial charge is 0.459 e. The van der Waals surface area contributed by atoms with Crippen LogP contribution in [0.25, 0.3) is 0 Å². The van der Waals surface area contributed by atoms with Crippen molar-refractivity contribution >= 4 is 46.7 Å². The molecular weight excluding hydrogens is 353 g/mol. The molecule has 0 aliphatic heterocycles. The van der Waals surface area contributed by atoms with Crippen LogP contribution in [-0.4, -0.2) is 18.4 Å². The lowest BCUT2D eigenvalue weighted by atomic mass is 10.3. The molecule has 1 aromatic carbocycles. The van der Waals surface area contributed by atoms with Crippen molar-refractivity contribution in [3.8, 4) is 5.75 Å². The summed E-state index contributed by atoms with van der Waals surface area (Å²) in [6.45, 7) is 0.0845. The summed E-state index contributed by atoms with van der Waals surface area (Å²) < 4.78 is 9.98. The summed E-state index contributed by atoms with van der Waals surface area (Å²) in [6, 6.07) is 5.93. The lowest BCUT2D eigenvalue weighted by Crippen LogP contribution is -2.26. The van der Waals surface area contributed by atoms with Gasteiger partial charge in [0.25, 0.3) is 5.91 Å². The van der Waals surface area contributed by atoms with Crippen LogP contribution in [0.3, 0.4) is 0 Å². The molecule has 0 bridgehead atoms. The van der Waals surface area contributed by atoms with Crippen LogP contribution in [0.1, 0.15) is 17.0 Å². The van der Waals surface area contributed by atoms with Gasteiger partial charge in [-0.15, -0.1) is 0 Å². The van der Waals surface area contributed by atoms with Gasteiger partial charge in [0.1, 0.15) is 0 Å². The molecular formula is C14H10Cl3NO4. The first kappa shape index (κ1) is 16.7. The number of hydrogen-bond donors (Lipinski definition) is 1. The monoisotopic (exact) mass is 361 g/mol. The number of hydrogen-bond acceptors (Lipinski definition) is 4. The maximum atomic E-state index is 11.7. The van der Waals surface area contributed by atoms with E-state index < -0.39 is 11.9 Å². The minimum Gasteiger partial charge on any atom is -0.459 e. The number of nitrogens with one attached hydrogen (secondary N) is 1. The lowest BCUT2D eigenvalue weighted by molar-refractivity contribution is -0.134. The van der Waals surface area contributed by atoms with Gasteiger partial charge < -0.3 is 14.5 Å². The summed E-state index contributed by atoms with van der Waals surface area (Å²) in [4.78, 5) is 23.3. The van der Waals surface area contributed by atoms with Gasteiger partial charge in [-0.3, -0.25) is 9.59 Å². The molecule has 22 heavy (non-hydrogen) atoms. The van der Waals surface area contributed by atoms with E-state index in [1.165, 1.54) is 24.5 Å². The Balaban J connectivity index is 1.85. The molecule has 0 aliphatic rings. The summed E-state index contributed by atoms with van der Waals surface area (Å²) in [6.07, 6.45) is 1.33. The van der Waals surface area contributed by atoms with Crippen LogP contribution in [0.5, 0.6) is 5.75 Å². The van der Waals surface area contributed by atoms with Crippen molar-refractivity contribution in [2.24, 2.45) is 0 Å². The van der Waals surface area contributed by atoms with E-state index in [4.69, 9.17) is 44.0 Å². The molecule has 116 valence electrons. The molecule has 0 unspecified atom stereocenters. The van der Waals surface area contributed by atoms with Gasteiger partial charge in [-0.1, -0.05) is 34.8 Å². The van der Waals surface area contributed by atoms with Gasteiger partial charge in [-0.25, -0.2) is 0 Å². The fourth-order valence-electron chi connectivity index (χ4n) is 1.56. The van der Waals surface area contributed by atoms with E-state index in [0.717, 1.165) is 0 Å². The summed E-state index contributed by atoms with van der Waals surface area (Å²) >= 11 is 17.6. The summed E-state index contributed by atoms with van der Waals surface area (Å²) in [7, 11) is 0. The Hall–Kier alpha value is -1.69. The molecule has 0 saturated carbocycles. The topological polar surface area (TPSA) is 68.5 Å². The highest BCUT2D eigenvalue weighted by Gasteiger charge is 2.14. The molecule has 0 aliphatic carbocycles. The number of amides is 1. The molecule has 2 aromatic rings. The zero-order valence-corrected chi connectivity index (χ0v) is 13.3. The molecule has 0 fully saturated rings. The number of furan rings is 1. The molecule has 8 heteroatoms. The van der Waals surface area contributed by atoms with Crippen LogP contribution < -0.4 is 10.1 Å². The van der Waals surface area contributed by atoms with Crippen molar-refractivity contribution in [2.45, 2.75) is 6.42 Å². The van der Waals surface area contributed by atoms with Crippen LogP contribution in [0.15, 0.2) is 34.9 Å². The predicted octanol–water partition coefficient (Wildman–Crippen LogP) is 3.97. The second-order valence-electron chi connectivity index (χ2n) is 4.16. The van der Waals surface area contributed by atoms with Crippen molar-refractivity contribution in [1.82, 2.24) is 5.32 Å². The van der Waals surface area contributed by atoms with Gasteiger partial charge >= 0.3 is 5.97 Å². The van der Waals surface area contributed by atoms with Crippen molar-refractivity contribution in [2.75, 3.05) is 6.54 Å². The van der Waals surface area contributed by atoms with Crippen molar-refractivity contribution in [1.29, 1.82) is 0 Å². The van der Waals surface area contributed by atoms with Crippen molar-refractivity contribution in [3.63, 3.8) is 0 Å². The third-order valence-electron chi connectivity index (χ3n) is 2.54. The second-order valence-corrected chi connectivity index (χ2v) is 5.41. The Labute approximate surface area is 141 Å². The van der Waals surface area contributed by atoms with Gasteiger partial charge in [0.15, 0.2) is 11.5 Å². The van der Waals surface area contributed by atoms with E-state index in [1.54, 1.807) is 6.07 Å². The summed E-state index contributed by atoms with van der Waals surface area (Å²) in [5.74, 6) is -0.807. The van der Waals surface area contributed by atoms with Gasteiger partial charge in [-0.2, -0.15) is 0 Å². The average Bonchev–Trinajstić information content (AvgIpc) is 2.97. The minimum absolute atomic E-state index is 0.0371. The van der Waals surface area contributed by atoms with Gasteiger partial charge in [0, 0.05) is 11.6 Å². The second kappa shape index (κ2) is 7.54. The van der Waals surface area contributed by atoms with Crippen LogP contribution in [0.4, 0.5) is 0 Å². The highest BCUT2D eigenvalue weighted by Crippen LogP contribution is 2.35. The molecule has 0 spiro atoms. The van der Waals surface area contributed by atoms with E-state index in [1.807, 2.05) is 0 Å². The summed E-state index contributed by atoms with van der Waals surface area (Å²) in [5, 5.41) is 3.11. The Morgan fingerprint density at radius 1 is 1.18 bits per heavy atom. The maximum Gasteiger partial charge on any atom is 0.313 e. The molecule has 1 N–H and O–H groups in total. The number of ether oxygens (including phenoxy) is 1. The fourth-order valence-corrected chi connectivity index (χ4v) is 2.46. The number of halogens is 3. The summed E-state index contributed by atoms with van der Waals surface area (Å²) in [5.41, 5.74) is 0. The number of benzene rings is 1. The molecule has 2 rings (SSSR count). The fraction of sp³-hybridized carbons (Fsp3) is 0.143. The molecule has 1 aromatic heterocycles. The van der Waals surface area contributed by atoms with E-state index in [0.29, 0.717) is 5.02 Å². The van der Waals surface area contributed by atoms with Crippen molar-refractivity contribution in [3.05, 3.63) is 51.4 Å². The lowest BCUT2D eigenvalue weighted by Gasteiger charge is -2.09. The molecule has 0 atom stereocenters. The maximum absolute atomic E-state index is 11.7. The van der Waals surface area contributed by atoms with Crippen LogP contribution in [0.2, 0.25) is 15.1 Å². The van der Waals surface area contributed by atoms with Gasteiger partial charge in [0.2, 0.25) is 0 Å². The molecule has 1 heterocycles. The smallest absolute Gasteiger partial charge is 0.313 e. The predicted molar refractivity (Wildman–Crippen MR) is 82.8 cm³/mol. The Morgan fingerprint density at radius 2 is 1.86 bits per heavy atom. The third kappa shape index (κ3) is 4.40. The first-order valence-corrected chi connectivity index (χ1v) is 7.27. The third-order valence-corrected chi connectivity index (χ3v) is 3.32. The molecule has 1 amide bonds. The molecule has 5 nitrogen and oxygen atoms in total. The zero-order valence-electron chi connectivity index (χ0n) is 11.1. The Bertz CT molecular complexity index is 662. The first-order chi connectivity index (χ1) is 10.5. The van der Waals surface area contributed by atoms with E-state index in [-0.39, 0.29) is 34.5 Å². The van der Waals surface area contributed by atoms with Gasteiger partial charge in [-0.05, 0) is 24.3 Å². The van der Waals surface area contributed by atoms with Crippen LogP contribution in [-0.2, 0) is 4.79 Å². The van der Waals surface area contributed by atoms with Gasteiger partial charge in [0.05, 0.1) is 22.7 Å². The highest BCUT2D eigenvalue weighted by atomic mass is 35.5. The Kier molecular flexibility index (Phi) is 5.71. The van der Waals surface area contributed by atoms with E-state index in [9.17, 15) is 9.59 Å². The number of carbonyl (C=O) groups excluding carboxylic acids is 2. The molecule has 0 radical (unpaired) electrons. The SMILES string of the molecule is O=C(CCNC(=O)c1ccco1)Oc1c(Cl)cc(Cl)cc1Cl. The Morgan fingerprint density at radius 3 is 2.45 bits per heavy atom. The number of esters is 1. The average molecular weight is 363 g/mol. The zero-order chi connectivity index (χ0) is 16.1. The van der Waals surface area contributed by atoms with Crippen molar-refractivity contribution < 1.29 is 18.7 Å². The quantitative estimate of drug-likeness (QED) is 0.645. The number of carbonyl (C=O) groups is 2.